The van der Waals surface area contributed by atoms with Gasteiger partial charge in [-0.15, -0.1) is 0 Å². The van der Waals surface area contributed by atoms with Gasteiger partial charge in [0.1, 0.15) is 5.82 Å². The summed E-state index contributed by atoms with van der Waals surface area (Å²) in [7, 11) is 0. The van der Waals surface area contributed by atoms with Crippen molar-refractivity contribution in [3.8, 4) is 0 Å². The van der Waals surface area contributed by atoms with Gasteiger partial charge in [0.05, 0.1) is 12.2 Å². The lowest BCUT2D eigenvalue weighted by molar-refractivity contribution is -0.139. The van der Waals surface area contributed by atoms with Crippen LogP contribution in [0.4, 0.5) is 5.82 Å². The van der Waals surface area contributed by atoms with E-state index in [0.717, 1.165) is 57.4 Å². The van der Waals surface area contributed by atoms with E-state index in [-0.39, 0.29) is 17.9 Å². The van der Waals surface area contributed by atoms with E-state index in [9.17, 15) is 9.59 Å². The summed E-state index contributed by atoms with van der Waals surface area (Å²) >= 11 is 0. The maximum Gasteiger partial charge on any atom is 0.225 e. The van der Waals surface area contributed by atoms with Gasteiger partial charge < -0.3 is 10.2 Å². The van der Waals surface area contributed by atoms with Crippen LogP contribution in [0.1, 0.15) is 56.6 Å². The Morgan fingerprint density at radius 2 is 1.79 bits per heavy atom. The van der Waals surface area contributed by atoms with E-state index < -0.39 is 0 Å². The average molecular weight is 395 g/mol. The quantitative estimate of drug-likeness (QED) is 0.776. The van der Waals surface area contributed by atoms with Crippen LogP contribution in [-0.4, -0.2) is 39.6 Å². The Hall–Kier alpha value is -2.63. The first kappa shape index (κ1) is 19.7. The number of likely N-dealkylation sites (tertiary alicyclic amines) is 1. The zero-order valence-electron chi connectivity index (χ0n) is 16.9. The number of hydrogen-bond acceptors (Lipinski definition) is 3. The number of nitrogens with zero attached hydrogens (tertiary/aromatic N) is 3. The maximum atomic E-state index is 12.4. The van der Waals surface area contributed by atoms with Gasteiger partial charge in [-0.1, -0.05) is 36.8 Å². The van der Waals surface area contributed by atoms with Crippen molar-refractivity contribution in [3.05, 3.63) is 48.2 Å². The van der Waals surface area contributed by atoms with E-state index in [1.54, 1.807) is 6.20 Å². The minimum absolute atomic E-state index is 0.0280. The van der Waals surface area contributed by atoms with Crippen molar-refractivity contribution in [1.82, 2.24) is 14.7 Å². The molecule has 1 aliphatic heterocycles. The summed E-state index contributed by atoms with van der Waals surface area (Å²) in [5, 5.41) is 7.48. The molecular weight excluding hydrogens is 364 g/mol. The highest BCUT2D eigenvalue weighted by Gasteiger charge is 2.32. The van der Waals surface area contributed by atoms with E-state index in [2.05, 4.69) is 22.5 Å². The minimum atomic E-state index is 0.0280. The first-order valence-corrected chi connectivity index (χ1v) is 10.9. The molecule has 154 valence electrons. The Morgan fingerprint density at radius 3 is 2.48 bits per heavy atom. The number of benzene rings is 1. The summed E-state index contributed by atoms with van der Waals surface area (Å²) in [6.07, 6.45) is 9.03. The molecule has 0 radical (unpaired) electrons. The Morgan fingerprint density at radius 1 is 1.03 bits per heavy atom. The Bertz CT molecular complexity index is 820. The van der Waals surface area contributed by atoms with Crippen LogP contribution in [0.2, 0.25) is 0 Å². The standard InChI is InChI=1S/C23H30N4O2/c28-22(11-4-8-18-6-2-1-3-7-18)25-21-12-15-24-27(21)20-13-16-26(17-14-20)23(29)19-9-5-10-19/h1-3,6-7,12,15,19-20H,4-5,8-11,13-14,16-17H2,(H,25,28). The van der Waals surface area contributed by atoms with Gasteiger partial charge in [0, 0.05) is 31.5 Å². The third kappa shape index (κ3) is 4.86. The van der Waals surface area contributed by atoms with Crippen molar-refractivity contribution in [3.63, 3.8) is 0 Å². The molecule has 0 spiro atoms. The highest BCUT2D eigenvalue weighted by atomic mass is 16.2. The maximum absolute atomic E-state index is 12.4. The fourth-order valence-corrected chi connectivity index (χ4v) is 4.25. The third-order valence-corrected chi connectivity index (χ3v) is 6.23. The first-order chi connectivity index (χ1) is 14.2. The second kappa shape index (κ2) is 9.25. The van der Waals surface area contributed by atoms with Crippen LogP contribution >= 0.6 is 0 Å². The number of piperidine rings is 1. The summed E-state index contributed by atoms with van der Waals surface area (Å²) in [6, 6.07) is 12.3. The highest BCUT2D eigenvalue weighted by Crippen LogP contribution is 2.31. The smallest absolute Gasteiger partial charge is 0.225 e. The summed E-state index contributed by atoms with van der Waals surface area (Å²) in [4.78, 5) is 26.8. The molecule has 1 saturated heterocycles. The molecule has 0 atom stereocenters. The molecule has 1 aliphatic carbocycles. The van der Waals surface area contributed by atoms with Crippen molar-refractivity contribution in [2.24, 2.45) is 5.92 Å². The lowest BCUT2D eigenvalue weighted by Gasteiger charge is -2.36. The molecule has 0 bridgehead atoms. The van der Waals surface area contributed by atoms with Gasteiger partial charge in [-0.05, 0) is 44.1 Å². The van der Waals surface area contributed by atoms with Gasteiger partial charge in [0.25, 0.3) is 0 Å². The van der Waals surface area contributed by atoms with Crippen LogP contribution in [0.25, 0.3) is 0 Å². The number of aromatic nitrogens is 2. The fourth-order valence-electron chi connectivity index (χ4n) is 4.25. The molecule has 2 aromatic rings. The first-order valence-electron chi connectivity index (χ1n) is 10.9. The lowest BCUT2D eigenvalue weighted by atomic mass is 9.84. The van der Waals surface area contributed by atoms with Crippen molar-refractivity contribution in [2.75, 3.05) is 18.4 Å². The summed E-state index contributed by atoms with van der Waals surface area (Å²) < 4.78 is 1.93. The summed E-state index contributed by atoms with van der Waals surface area (Å²) in [6.45, 7) is 1.56. The topological polar surface area (TPSA) is 67.2 Å². The molecule has 2 fully saturated rings. The molecule has 2 aliphatic rings. The number of carbonyl (C=O) groups excluding carboxylic acids is 2. The number of rotatable bonds is 7. The lowest BCUT2D eigenvalue weighted by Crippen LogP contribution is -2.44. The van der Waals surface area contributed by atoms with Gasteiger partial charge in [-0.3, -0.25) is 9.59 Å². The minimum Gasteiger partial charge on any atom is -0.342 e. The number of amides is 2. The van der Waals surface area contributed by atoms with Gasteiger partial charge in [0.15, 0.2) is 0 Å². The fraction of sp³-hybridized carbons (Fsp3) is 0.522. The Kier molecular flexibility index (Phi) is 6.27. The van der Waals surface area contributed by atoms with Gasteiger partial charge in [0.2, 0.25) is 11.8 Å². The number of aryl methyl sites for hydroxylation is 1. The monoisotopic (exact) mass is 394 g/mol. The van der Waals surface area contributed by atoms with Gasteiger partial charge in [-0.2, -0.15) is 5.10 Å². The van der Waals surface area contributed by atoms with Crippen LogP contribution in [0.5, 0.6) is 0 Å². The van der Waals surface area contributed by atoms with Gasteiger partial charge >= 0.3 is 0 Å². The van der Waals surface area contributed by atoms with Crippen molar-refractivity contribution < 1.29 is 9.59 Å². The molecule has 6 nitrogen and oxygen atoms in total. The van der Waals surface area contributed by atoms with Crippen LogP contribution in [0.3, 0.4) is 0 Å². The molecule has 1 N–H and O–H groups in total. The van der Waals surface area contributed by atoms with Crippen molar-refractivity contribution in [2.45, 2.75) is 57.4 Å². The summed E-state index contributed by atoms with van der Waals surface area (Å²) in [5.74, 6) is 1.39. The zero-order valence-corrected chi connectivity index (χ0v) is 16.9. The molecule has 1 aromatic heterocycles. The predicted octanol–water partition coefficient (Wildman–Crippen LogP) is 3.81. The van der Waals surface area contributed by atoms with Crippen LogP contribution < -0.4 is 5.32 Å². The Balaban J connectivity index is 1.25. The molecule has 29 heavy (non-hydrogen) atoms. The average Bonchev–Trinajstić information content (AvgIpc) is 3.15. The molecule has 4 rings (SSSR count). The van der Waals surface area contributed by atoms with Crippen LogP contribution in [0, 0.1) is 5.92 Å². The van der Waals surface area contributed by atoms with E-state index >= 15 is 0 Å². The molecule has 0 unspecified atom stereocenters. The number of anilines is 1. The Labute approximate surface area is 172 Å². The highest BCUT2D eigenvalue weighted by molar-refractivity contribution is 5.89. The van der Waals surface area contributed by atoms with Crippen molar-refractivity contribution >= 4 is 17.6 Å². The SMILES string of the molecule is O=C(CCCc1ccccc1)Nc1ccnn1C1CCN(C(=O)C2CCC2)CC1. The predicted molar refractivity (Wildman–Crippen MR) is 112 cm³/mol. The zero-order chi connectivity index (χ0) is 20.1. The third-order valence-electron chi connectivity index (χ3n) is 6.23. The van der Waals surface area contributed by atoms with Crippen LogP contribution in [0.15, 0.2) is 42.6 Å². The normalized spacial score (nSPS) is 17.7. The second-order valence-corrected chi connectivity index (χ2v) is 8.23. The largest absolute Gasteiger partial charge is 0.342 e. The van der Waals surface area contributed by atoms with Crippen LogP contribution in [-0.2, 0) is 16.0 Å². The molecular formula is C23H30N4O2. The number of carbonyl (C=O) groups is 2. The van der Waals surface area contributed by atoms with Crippen molar-refractivity contribution in [1.29, 1.82) is 0 Å². The van der Waals surface area contributed by atoms with E-state index in [1.807, 2.05) is 33.8 Å². The number of hydrogen-bond donors (Lipinski definition) is 1. The van der Waals surface area contributed by atoms with E-state index in [4.69, 9.17) is 0 Å². The second-order valence-electron chi connectivity index (χ2n) is 8.23. The molecule has 1 aromatic carbocycles. The molecule has 6 heteroatoms. The summed E-state index contributed by atoms with van der Waals surface area (Å²) in [5.41, 5.74) is 1.26. The van der Waals surface area contributed by atoms with E-state index in [0.29, 0.717) is 12.3 Å². The van der Waals surface area contributed by atoms with Gasteiger partial charge in [-0.25, -0.2) is 4.68 Å². The number of nitrogens with one attached hydrogen (secondary N) is 1. The van der Waals surface area contributed by atoms with E-state index in [1.165, 1.54) is 12.0 Å². The molecule has 2 amide bonds. The molecule has 2 heterocycles. The molecule has 1 saturated carbocycles.